The number of hydrogen-bond acceptors (Lipinski definition) is 2. The van der Waals surface area contributed by atoms with Crippen molar-refractivity contribution in [3.63, 3.8) is 0 Å². The van der Waals surface area contributed by atoms with Crippen molar-refractivity contribution in [2.45, 2.75) is 31.8 Å². The van der Waals surface area contributed by atoms with Gasteiger partial charge in [-0.25, -0.2) is 0 Å². The fourth-order valence-electron chi connectivity index (χ4n) is 1.54. The predicted octanol–water partition coefficient (Wildman–Crippen LogP) is 3.06. The van der Waals surface area contributed by atoms with Gasteiger partial charge in [0, 0.05) is 10.0 Å². The number of aliphatic hydroxyl groups is 2. The van der Waals surface area contributed by atoms with Gasteiger partial charge in [-0.2, -0.15) is 0 Å². The molecule has 4 heteroatoms. The molecular formula is C12H16Cl2O2. The van der Waals surface area contributed by atoms with E-state index in [0.29, 0.717) is 16.5 Å². The Hall–Kier alpha value is -0.280. The second-order valence-corrected chi connectivity index (χ2v) is 4.60. The minimum Gasteiger partial charge on any atom is -0.394 e. The van der Waals surface area contributed by atoms with Gasteiger partial charge in [-0.05, 0) is 37.0 Å². The summed E-state index contributed by atoms with van der Waals surface area (Å²) in [6.45, 7) is -0.174. The van der Waals surface area contributed by atoms with Crippen LogP contribution in [0.4, 0.5) is 0 Å². The second-order valence-electron chi connectivity index (χ2n) is 3.78. The van der Waals surface area contributed by atoms with Gasteiger partial charge in [-0.3, -0.25) is 0 Å². The van der Waals surface area contributed by atoms with Gasteiger partial charge in [0.15, 0.2) is 0 Å². The minimum atomic E-state index is -0.610. The van der Waals surface area contributed by atoms with Gasteiger partial charge in [-0.15, -0.1) is 0 Å². The average Bonchev–Trinajstić information content (AvgIpc) is 2.27. The highest BCUT2D eigenvalue weighted by Crippen LogP contribution is 2.26. The molecule has 0 aliphatic carbocycles. The molecule has 0 unspecified atom stereocenters. The number of benzene rings is 1. The SMILES string of the molecule is OC[C@H](O)CCCCc1c(Cl)cccc1Cl. The van der Waals surface area contributed by atoms with Crippen LogP contribution in [0.5, 0.6) is 0 Å². The lowest BCUT2D eigenvalue weighted by atomic mass is 10.1. The highest BCUT2D eigenvalue weighted by Gasteiger charge is 2.06. The molecule has 16 heavy (non-hydrogen) atoms. The molecule has 0 heterocycles. The predicted molar refractivity (Wildman–Crippen MR) is 67.1 cm³/mol. The van der Waals surface area contributed by atoms with Crippen LogP contribution >= 0.6 is 23.2 Å². The summed E-state index contributed by atoms with van der Waals surface area (Å²) in [5.41, 5.74) is 0.962. The Bertz CT molecular complexity index is 309. The molecule has 1 atom stereocenters. The molecular weight excluding hydrogens is 247 g/mol. The second kappa shape index (κ2) is 7.13. The zero-order valence-corrected chi connectivity index (χ0v) is 10.5. The van der Waals surface area contributed by atoms with Crippen LogP contribution in [-0.4, -0.2) is 22.9 Å². The molecule has 0 spiro atoms. The van der Waals surface area contributed by atoms with E-state index in [1.807, 2.05) is 18.2 Å². The van der Waals surface area contributed by atoms with Crippen molar-refractivity contribution in [3.05, 3.63) is 33.8 Å². The maximum Gasteiger partial charge on any atom is 0.0770 e. The van der Waals surface area contributed by atoms with Gasteiger partial charge < -0.3 is 10.2 Å². The van der Waals surface area contributed by atoms with Crippen LogP contribution < -0.4 is 0 Å². The van der Waals surface area contributed by atoms with E-state index >= 15 is 0 Å². The summed E-state index contributed by atoms with van der Waals surface area (Å²) >= 11 is 12.0. The molecule has 0 saturated heterocycles. The first-order chi connectivity index (χ1) is 7.65. The monoisotopic (exact) mass is 262 g/mol. The van der Waals surface area contributed by atoms with E-state index in [4.69, 9.17) is 33.4 Å². The highest BCUT2D eigenvalue weighted by molar-refractivity contribution is 6.35. The highest BCUT2D eigenvalue weighted by atomic mass is 35.5. The van der Waals surface area contributed by atoms with Crippen molar-refractivity contribution in [2.75, 3.05) is 6.61 Å². The van der Waals surface area contributed by atoms with E-state index in [1.165, 1.54) is 0 Å². The molecule has 0 radical (unpaired) electrons. The molecule has 0 fully saturated rings. The van der Waals surface area contributed by atoms with Gasteiger partial charge in [0.05, 0.1) is 12.7 Å². The van der Waals surface area contributed by atoms with E-state index in [0.717, 1.165) is 24.8 Å². The quantitative estimate of drug-likeness (QED) is 0.774. The van der Waals surface area contributed by atoms with Crippen LogP contribution in [0.3, 0.4) is 0 Å². The number of unbranched alkanes of at least 4 members (excludes halogenated alkanes) is 1. The van der Waals surface area contributed by atoms with Crippen molar-refractivity contribution < 1.29 is 10.2 Å². The molecule has 0 aromatic heterocycles. The van der Waals surface area contributed by atoms with Crippen molar-refractivity contribution in [1.29, 1.82) is 0 Å². The Morgan fingerprint density at radius 3 is 2.31 bits per heavy atom. The van der Waals surface area contributed by atoms with E-state index < -0.39 is 6.10 Å². The summed E-state index contributed by atoms with van der Waals surface area (Å²) in [7, 11) is 0. The van der Waals surface area contributed by atoms with Gasteiger partial charge in [0.1, 0.15) is 0 Å². The third kappa shape index (κ3) is 4.30. The van der Waals surface area contributed by atoms with Gasteiger partial charge in [-0.1, -0.05) is 35.7 Å². The fraction of sp³-hybridized carbons (Fsp3) is 0.500. The largest absolute Gasteiger partial charge is 0.394 e. The van der Waals surface area contributed by atoms with Gasteiger partial charge in [0.25, 0.3) is 0 Å². The third-order valence-corrected chi connectivity index (χ3v) is 3.19. The zero-order valence-electron chi connectivity index (χ0n) is 9.00. The van der Waals surface area contributed by atoms with Crippen LogP contribution in [-0.2, 0) is 6.42 Å². The molecule has 2 nitrogen and oxygen atoms in total. The van der Waals surface area contributed by atoms with Gasteiger partial charge >= 0.3 is 0 Å². The fourth-order valence-corrected chi connectivity index (χ4v) is 2.13. The van der Waals surface area contributed by atoms with E-state index in [1.54, 1.807) is 0 Å². The lowest BCUT2D eigenvalue weighted by Gasteiger charge is -2.08. The Morgan fingerprint density at radius 1 is 1.12 bits per heavy atom. The lowest BCUT2D eigenvalue weighted by Crippen LogP contribution is -2.11. The van der Waals surface area contributed by atoms with Crippen LogP contribution in [0.25, 0.3) is 0 Å². The molecule has 1 aromatic carbocycles. The smallest absolute Gasteiger partial charge is 0.0770 e. The summed E-state index contributed by atoms with van der Waals surface area (Å²) in [6.07, 6.45) is 2.56. The number of aliphatic hydroxyl groups excluding tert-OH is 2. The first-order valence-corrected chi connectivity index (χ1v) is 6.12. The topological polar surface area (TPSA) is 40.5 Å². The molecule has 0 amide bonds. The first kappa shape index (κ1) is 13.8. The molecule has 0 bridgehead atoms. The summed E-state index contributed by atoms with van der Waals surface area (Å²) < 4.78 is 0. The Kier molecular flexibility index (Phi) is 6.14. The van der Waals surface area contributed by atoms with E-state index in [-0.39, 0.29) is 6.61 Å². The van der Waals surface area contributed by atoms with Crippen molar-refractivity contribution >= 4 is 23.2 Å². The third-order valence-electron chi connectivity index (χ3n) is 2.49. The molecule has 90 valence electrons. The number of halogens is 2. The van der Waals surface area contributed by atoms with Crippen molar-refractivity contribution in [1.82, 2.24) is 0 Å². The van der Waals surface area contributed by atoms with Crippen LogP contribution in [0.15, 0.2) is 18.2 Å². The average molecular weight is 263 g/mol. The standard InChI is InChI=1S/C12H16Cl2O2/c13-11-6-3-7-12(14)10(11)5-2-1-4-9(16)8-15/h3,6-7,9,15-16H,1-2,4-5,8H2/t9-/m1/s1. The van der Waals surface area contributed by atoms with Crippen LogP contribution in [0, 0.1) is 0 Å². The van der Waals surface area contributed by atoms with Crippen LogP contribution in [0.2, 0.25) is 10.0 Å². The maximum absolute atomic E-state index is 9.16. The lowest BCUT2D eigenvalue weighted by molar-refractivity contribution is 0.0862. The Labute approximate surface area is 106 Å². The maximum atomic E-state index is 9.16. The summed E-state index contributed by atoms with van der Waals surface area (Å²) in [6, 6.07) is 5.47. The Morgan fingerprint density at radius 2 is 1.75 bits per heavy atom. The van der Waals surface area contributed by atoms with Crippen LogP contribution in [0.1, 0.15) is 24.8 Å². The summed E-state index contributed by atoms with van der Waals surface area (Å²) in [4.78, 5) is 0. The molecule has 0 saturated carbocycles. The summed E-state index contributed by atoms with van der Waals surface area (Å²) in [5, 5.41) is 19.2. The molecule has 1 rings (SSSR count). The molecule has 0 aliphatic heterocycles. The van der Waals surface area contributed by atoms with Crippen molar-refractivity contribution in [2.24, 2.45) is 0 Å². The molecule has 2 N–H and O–H groups in total. The molecule has 1 aromatic rings. The normalized spacial score (nSPS) is 12.8. The molecule has 0 aliphatic rings. The number of rotatable bonds is 6. The van der Waals surface area contributed by atoms with E-state index in [2.05, 4.69) is 0 Å². The van der Waals surface area contributed by atoms with E-state index in [9.17, 15) is 0 Å². The summed E-state index contributed by atoms with van der Waals surface area (Å²) in [5.74, 6) is 0. The number of hydrogen-bond donors (Lipinski definition) is 2. The van der Waals surface area contributed by atoms with Crippen molar-refractivity contribution in [3.8, 4) is 0 Å². The van der Waals surface area contributed by atoms with Gasteiger partial charge in [0.2, 0.25) is 0 Å². The Balaban J connectivity index is 2.37. The minimum absolute atomic E-state index is 0.174. The first-order valence-electron chi connectivity index (χ1n) is 5.37. The zero-order chi connectivity index (χ0) is 12.0.